The predicted octanol–water partition coefficient (Wildman–Crippen LogP) is 6.24. The first-order valence-electron chi connectivity index (χ1n) is 7.26. The lowest BCUT2D eigenvalue weighted by atomic mass is 10.1. The summed E-state index contributed by atoms with van der Waals surface area (Å²) in [7, 11) is 0. The van der Waals surface area contributed by atoms with Gasteiger partial charge >= 0.3 is 5.97 Å². The minimum absolute atomic E-state index is 0.0673. The summed E-state index contributed by atoms with van der Waals surface area (Å²) in [6.45, 7) is 6.19. The molecule has 120 valence electrons. The van der Waals surface area contributed by atoms with Crippen molar-refractivity contribution in [1.82, 2.24) is 0 Å². The number of benzene rings is 1. The number of carbonyl (C=O) groups is 1. The van der Waals surface area contributed by atoms with E-state index in [4.69, 9.17) is 16.3 Å². The van der Waals surface area contributed by atoms with E-state index in [9.17, 15) is 4.79 Å². The number of carbonyl (C=O) groups excluding carboxylic acids is 1. The molecule has 0 heterocycles. The average molecular weight is 451 g/mol. The molecule has 1 saturated carbocycles. The van der Waals surface area contributed by atoms with Gasteiger partial charge in [-0.3, -0.25) is 4.79 Å². The Balaban J connectivity index is 2.07. The molecule has 0 aromatic heterocycles. The van der Waals surface area contributed by atoms with E-state index in [0.29, 0.717) is 5.02 Å². The third-order valence-corrected chi connectivity index (χ3v) is 5.12. The van der Waals surface area contributed by atoms with Crippen molar-refractivity contribution >= 4 is 49.4 Å². The predicted molar refractivity (Wildman–Crippen MR) is 97.3 cm³/mol. The fourth-order valence-corrected chi connectivity index (χ4v) is 3.55. The van der Waals surface area contributed by atoms with E-state index in [1.807, 2.05) is 37.3 Å². The zero-order valence-electron chi connectivity index (χ0n) is 12.8. The van der Waals surface area contributed by atoms with Crippen molar-refractivity contribution in [2.45, 2.75) is 33.3 Å². The van der Waals surface area contributed by atoms with Gasteiger partial charge in [-0.1, -0.05) is 50.6 Å². The molecule has 0 radical (unpaired) electrons. The highest BCUT2D eigenvalue weighted by Crippen LogP contribution is 2.60. The van der Waals surface area contributed by atoms with E-state index in [1.54, 1.807) is 0 Å². The van der Waals surface area contributed by atoms with Gasteiger partial charge < -0.3 is 4.74 Å². The zero-order chi connectivity index (χ0) is 16.5. The summed E-state index contributed by atoms with van der Waals surface area (Å²) in [5.74, 6) is -0.0373. The summed E-state index contributed by atoms with van der Waals surface area (Å²) < 4.78 is 6.63. The normalized spacial score (nSPS) is 23.5. The van der Waals surface area contributed by atoms with Crippen molar-refractivity contribution in [1.29, 1.82) is 0 Å². The van der Waals surface area contributed by atoms with E-state index in [-0.39, 0.29) is 29.3 Å². The molecule has 0 bridgehead atoms. The second kappa shape index (κ2) is 7.06. The molecule has 1 aliphatic carbocycles. The molecule has 1 fully saturated rings. The number of hydrogen-bond acceptors (Lipinski definition) is 2. The van der Waals surface area contributed by atoms with Crippen LogP contribution in [0, 0.1) is 17.3 Å². The number of rotatable bonds is 5. The van der Waals surface area contributed by atoms with Crippen LogP contribution in [0.3, 0.4) is 0 Å². The molecule has 0 amide bonds. The molecule has 1 aromatic rings. The molecule has 3 atom stereocenters. The van der Waals surface area contributed by atoms with Crippen LogP contribution in [0.15, 0.2) is 33.7 Å². The van der Waals surface area contributed by atoms with Crippen molar-refractivity contribution in [3.63, 3.8) is 0 Å². The van der Waals surface area contributed by atoms with Crippen molar-refractivity contribution in [2.24, 2.45) is 17.3 Å². The number of hydrogen-bond donors (Lipinski definition) is 0. The van der Waals surface area contributed by atoms with E-state index in [1.165, 1.54) is 0 Å². The van der Waals surface area contributed by atoms with Gasteiger partial charge in [0.2, 0.25) is 0 Å². The van der Waals surface area contributed by atoms with Crippen molar-refractivity contribution < 1.29 is 9.53 Å². The SMILES string of the molecule is CCC(OC(=O)[C@@H]1[C@@H](C=C(Br)Br)C1(C)C)c1ccc(Cl)cc1. The molecule has 1 unspecified atom stereocenters. The molecule has 22 heavy (non-hydrogen) atoms. The first-order valence-corrected chi connectivity index (χ1v) is 9.22. The summed E-state index contributed by atoms with van der Waals surface area (Å²) in [6.07, 6.45) is 2.54. The third-order valence-electron chi connectivity index (χ3n) is 4.34. The fraction of sp³-hybridized carbons (Fsp3) is 0.471. The van der Waals surface area contributed by atoms with Gasteiger partial charge in [0.15, 0.2) is 0 Å². The Labute approximate surface area is 153 Å². The average Bonchev–Trinajstić information content (AvgIpc) is 2.97. The molecule has 2 nitrogen and oxygen atoms in total. The van der Waals surface area contributed by atoms with Crippen LogP contribution in [0.5, 0.6) is 0 Å². The standard InChI is InChI=1S/C17H19Br2ClO2/c1-4-13(10-5-7-11(20)8-6-10)22-16(21)15-12(9-14(18)19)17(15,2)3/h5-9,12-13,15H,4H2,1-3H3/t12-,13?,15+/m1/s1. The fourth-order valence-electron chi connectivity index (χ4n) is 2.85. The van der Waals surface area contributed by atoms with Crippen LogP contribution in [-0.4, -0.2) is 5.97 Å². The second-order valence-corrected chi connectivity index (χ2v) is 9.38. The van der Waals surface area contributed by atoms with Crippen LogP contribution in [0.25, 0.3) is 0 Å². The lowest BCUT2D eigenvalue weighted by Crippen LogP contribution is -2.15. The molecule has 1 aromatic carbocycles. The maximum Gasteiger partial charge on any atom is 0.310 e. The molecule has 1 aliphatic rings. The van der Waals surface area contributed by atoms with E-state index in [2.05, 4.69) is 45.7 Å². The largest absolute Gasteiger partial charge is 0.457 e. The third kappa shape index (κ3) is 3.95. The summed E-state index contributed by atoms with van der Waals surface area (Å²) in [5, 5.41) is 0.681. The molecule has 0 N–H and O–H groups in total. The second-order valence-electron chi connectivity index (χ2n) is 6.17. The maximum atomic E-state index is 12.5. The molecular formula is C17H19Br2ClO2. The highest BCUT2D eigenvalue weighted by atomic mass is 79.9. The highest BCUT2D eigenvalue weighted by Gasteiger charge is 2.61. The monoisotopic (exact) mass is 448 g/mol. The smallest absolute Gasteiger partial charge is 0.310 e. The van der Waals surface area contributed by atoms with Crippen LogP contribution in [-0.2, 0) is 9.53 Å². The van der Waals surface area contributed by atoms with Crippen LogP contribution in [0.2, 0.25) is 5.02 Å². The number of esters is 1. The Kier molecular flexibility index (Phi) is 5.79. The Morgan fingerprint density at radius 3 is 2.45 bits per heavy atom. The Hall–Kier alpha value is -0.320. The summed E-state index contributed by atoms with van der Waals surface area (Å²) in [5.41, 5.74) is 0.912. The molecule has 2 rings (SSSR count). The van der Waals surface area contributed by atoms with Gasteiger partial charge in [-0.25, -0.2) is 0 Å². The molecular weight excluding hydrogens is 431 g/mol. The van der Waals surface area contributed by atoms with E-state index < -0.39 is 0 Å². The van der Waals surface area contributed by atoms with Gasteiger partial charge in [0.05, 0.1) is 9.31 Å². The quantitative estimate of drug-likeness (QED) is 0.497. The Bertz CT molecular complexity index is 577. The first kappa shape index (κ1) is 18.0. The van der Waals surface area contributed by atoms with Crippen molar-refractivity contribution in [3.05, 3.63) is 44.3 Å². The Morgan fingerprint density at radius 2 is 1.95 bits per heavy atom. The molecule has 0 saturated heterocycles. The minimum Gasteiger partial charge on any atom is -0.457 e. The van der Waals surface area contributed by atoms with Crippen LogP contribution in [0.4, 0.5) is 0 Å². The number of ether oxygens (including phenoxy) is 1. The van der Waals surface area contributed by atoms with Gasteiger partial charge in [0.25, 0.3) is 0 Å². The lowest BCUT2D eigenvalue weighted by Gasteiger charge is -2.17. The Morgan fingerprint density at radius 1 is 1.36 bits per heavy atom. The molecule has 0 aliphatic heterocycles. The van der Waals surface area contributed by atoms with Crippen LogP contribution >= 0.6 is 43.5 Å². The highest BCUT2D eigenvalue weighted by molar-refractivity contribution is 9.28. The summed E-state index contributed by atoms with van der Waals surface area (Å²) >= 11 is 12.6. The summed E-state index contributed by atoms with van der Waals surface area (Å²) in [6, 6.07) is 7.46. The minimum atomic E-state index is -0.224. The van der Waals surface area contributed by atoms with Gasteiger partial charge in [-0.05, 0) is 67.3 Å². The van der Waals surface area contributed by atoms with Gasteiger partial charge in [0.1, 0.15) is 6.10 Å². The topological polar surface area (TPSA) is 26.3 Å². The van der Waals surface area contributed by atoms with Crippen molar-refractivity contribution in [3.8, 4) is 0 Å². The first-order chi connectivity index (χ1) is 10.3. The van der Waals surface area contributed by atoms with E-state index >= 15 is 0 Å². The van der Waals surface area contributed by atoms with Crippen molar-refractivity contribution in [2.75, 3.05) is 0 Å². The number of allylic oxidation sites excluding steroid dienone is 1. The van der Waals surface area contributed by atoms with Crippen LogP contribution < -0.4 is 0 Å². The van der Waals surface area contributed by atoms with Gasteiger partial charge in [-0.2, -0.15) is 0 Å². The van der Waals surface area contributed by atoms with Crippen LogP contribution in [0.1, 0.15) is 38.9 Å². The van der Waals surface area contributed by atoms with E-state index in [0.717, 1.165) is 15.4 Å². The van der Waals surface area contributed by atoms with Gasteiger partial charge in [-0.15, -0.1) is 0 Å². The lowest BCUT2D eigenvalue weighted by molar-refractivity contribution is -0.152. The van der Waals surface area contributed by atoms with Gasteiger partial charge in [0, 0.05) is 5.02 Å². The molecule has 0 spiro atoms. The zero-order valence-corrected chi connectivity index (χ0v) is 16.7. The maximum absolute atomic E-state index is 12.5. The summed E-state index contributed by atoms with van der Waals surface area (Å²) in [4.78, 5) is 12.5. The molecule has 5 heteroatoms. The number of halogens is 3.